The number of hydrogen-bond acceptors (Lipinski definition) is 5. The van der Waals surface area contributed by atoms with Gasteiger partial charge in [-0.25, -0.2) is 9.37 Å². The summed E-state index contributed by atoms with van der Waals surface area (Å²) in [6.45, 7) is 2.24. The fourth-order valence-corrected chi connectivity index (χ4v) is 3.60. The third-order valence-corrected chi connectivity index (χ3v) is 5.42. The van der Waals surface area contributed by atoms with E-state index >= 15 is 0 Å². The van der Waals surface area contributed by atoms with Crippen LogP contribution in [-0.4, -0.2) is 34.9 Å². The molecule has 0 unspecified atom stereocenters. The first-order valence-electron chi connectivity index (χ1n) is 9.61. The summed E-state index contributed by atoms with van der Waals surface area (Å²) < 4.78 is 17.4. The summed E-state index contributed by atoms with van der Waals surface area (Å²) in [4.78, 5) is 18.6. The molecule has 152 valence electrons. The van der Waals surface area contributed by atoms with Gasteiger partial charge in [-0.05, 0) is 43.0 Å². The Morgan fingerprint density at radius 2 is 1.86 bits per heavy atom. The Kier molecular flexibility index (Phi) is 7.30. The molecule has 1 amide bonds. The topological polar surface area (TPSA) is 58.1 Å². The zero-order valence-electron chi connectivity index (χ0n) is 16.6. The van der Waals surface area contributed by atoms with Gasteiger partial charge in [-0.3, -0.25) is 4.79 Å². The third kappa shape index (κ3) is 6.64. The summed E-state index contributed by atoms with van der Waals surface area (Å²) in [7, 11) is 1.83. The molecule has 1 heterocycles. The number of nitrogens with zero attached hydrogens (tertiary/aromatic N) is 3. The van der Waals surface area contributed by atoms with E-state index in [0.29, 0.717) is 17.4 Å². The number of rotatable bonds is 9. The van der Waals surface area contributed by atoms with E-state index in [0.717, 1.165) is 18.4 Å². The maximum Gasteiger partial charge on any atom is 0.239 e. The highest BCUT2D eigenvalue weighted by Gasteiger charge is 2.14. The molecule has 5 nitrogen and oxygen atoms in total. The lowest BCUT2D eigenvalue weighted by atomic mass is 10.1. The Bertz CT molecular complexity index is 914. The summed E-state index contributed by atoms with van der Waals surface area (Å²) in [5.41, 5.74) is 2.22. The molecule has 1 aromatic heterocycles. The van der Waals surface area contributed by atoms with E-state index in [9.17, 15) is 9.18 Å². The number of hydrogen-bond donors (Lipinski definition) is 1. The van der Waals surface area contributed by atoms with Crippen LogP contribution in [0.5, 0.6) is 0 Å². The standard InChI is InChI=1S/C22H25FN4OS/c1-16(8-9-17-6-4-3-5-7-17)24-21(28)15-27(2)22-25-20(26-29-22)14-18-10-12-19(23)13-11-18/h3-7,10-13,16H,8-9,14-15H2,1-2H3,(H,24,28)/t16-/m0/s1. The van der Waals surface area contributed by atoms with E-state index in [-0.39, 0.29) is 24.3 Å². The molecule has 7 heteroatoms. The minimum atomic E-state index is -0.260. The fraction of sp³-hybridized carbons (Fsp3) is 0.318. The maximum absolute atomic E-state index is 13.0. The van der Waals surface area contributed by atoms with Crippen molar-refractivity contribution in [2.24, 2.45) is 0 Å². The van der Waals surface area contributed by atoms with Crippen molar-refractivity contribution >= 4 is 22.6 Å². The average Bonchev–Trinajstić information content (AvgIpc) is 3.17. The van der Waals surface area contributed by atoms with Gasteiger partial charge in [0, 0.05) is 31.0 Å². The van der Waals surface area contributed by atoms with Crippen molar-refractivity contribution in [1.82, 2.24) is 14.7 Å². The third-order valence-electron chi connectivity index (χ3n) is 4.56. The number of amides is 1. The molecule has 0 aliphatic rings. The zero-order valence-corrected chi connectivity index (χ0v) is 17.5. The lowest BCUT2D eigenvalue weighted by molar-refractivity contribution is -0.120. The van der Waals surface area contributed by atoms with Crippen LogP contribution in [-0.2, 0) is 17.6 Å². The summed E-state index contributed by atoms with van der Waals surface area (Å²) in [6.07, 6.45) is 2.36. The summed E-state index contributed by atoms with van der Waals surface area (Å²) in [5, 5.41) is 3.73. The SMILES string of the molecule is C[C@@H](CCc1ccccc1)NC(=O)CN(C)c1nc(Cc2ccc(F)cc2)ns1. The monoisotopic (exact) mass is 412 g/mol. The zero-order chi connectivity index (χ0) is 20.6. The first-order valence-corrected chi connectivity index (χ1v) is 10.4. The first kappa shape index (κ1) is 20.9. The van der Waals surface area contributed by atoms with E-state index in [1.165, 1.54) is 29.2 Å². The molecule has 2 aromatic carbocycles. The van der Waals surface area contributed by atoms with Gasteiger partial charge in [-0.2, -0.15) is 4.37 Å². The van der Waals surface area contributed by atoms with E-state index in [2.05, 4.69) is 26.8 Å². The number of aryl methyl sites for hydroxylation is 1. The van der Waals surface area contributed by atoms with Crippen LogP contribution in [0.4, 0.5) is 9.52 Å². The average molecular weight is 413 g/mol. The molecule has 3 rings (SSSR count). The minimum absolute atomic E-state index is 0.0386. The molecule has 0 saturated carbocycles. The normalized spacial score (nSPS) is 11.8. The summed E-state index contributed by atoms with van der Waals surface area (Å²) >= 11 is 1.26. The van der Waals surface area contributed by atoms with Gasteiger partial charge in [0.15, 0.2) is 0 Å². The maximum atomic E-state index is 13.0. The van der Waals surface area contributed by atoms with Gasteiger partial charge >= 0.3 is 0 Å². The molecule has 1 N–H and O–H groups in total. The minimum Gasteiger partial charge on any atom is -0.352 e. The predicted octanol–water partition coefficient (Wildman–Crippen LogP) is 3.84. The largest absolute Gasteiger partial charge is 0.352 e. The smallest absolute Gasteiger partial charge is 0.239 e. The Balaban J connectivity index is 1.45. The van der Waals surface area contributed by atoms with E-state index in [4.69, 9.17) is 0 Å². The number of likely N-dealkylation sites (N-methyl/N-ethyl adjacent to an activating group) is 1. The van der Waals surface area contributed by atoms with E-state index < -0.39 is 0 Å². The van der Waals surface area contributed by atoms with Crippen molar-refractivity contribution in [3.05, 3.63) is 77.4 Å². The van der Waals surface area contributed by atoms with Gasteiger partial charge in [-0.15, -0.1) is 0 Å². The van der Waals surface area contributed by atoms with Gasteiger partial charge in [0.05, 0.1) is 6.54 Å². The summed E-state index contributed by atoms with van der Waals surface area (Å²) in [5.74, 6) is 0.368. The van der Waals surface area contributed by atoms with Crippen molar-refractivity contribution < 1.29 is 9.18 Å². The highest BCUT2D eigenvalue weighted by molar-refractivity contribution is 7.09. The highest BCUT2D eigenvalue weighted by atomic mass is 32.1. The van der Waals surface area contributed by atoms with Crippen molar-refractivity contribution in [2.75, 3.05) is 18.5 Å². The number of nitrogens with one attached hydrogen (secondary N) is 1. The van der Waals surface area contributed by atoms with Crippen LogP contribution in [0.1, 0.15) is 30.3 Å². The number of benzene rings is 2. The fourth-order valence-electron chi connectivity index (χ4n) is 2.96. The molecular weight excluding hydrogens is 387 g/mol. The molecule has 1 atom stereocenters. The lowest BCUT2D eigenvalue weighted by Gasteiger charge is -2.18. The van der Waals surface area contributed by atoms with Crippen molar-refractivity contribution in [3.8, 4) is 0 Å². The quantitative estimate of drug-likeness (QED) is 0.580. The van der Waals surface area contributed by atoms with Gasteiger partial charge in [0.2, 0.25) is 11.0 Å². The highest BCUT2D eigenvalue weighted by Crippen LogP contribution is 2.17. The number of aromatic nitrogens is 2. The van der Waals surface area contributed by atoms with Crippen molar-refractivity contribution in [1.29, 1.82) is 0 Å². The number of halogens is 1. The molecule has 0 radical (unpaired) electrons. The van der Waals surface area contributed by atoms with Crippen molar-refractivity contribution in [3.63, 3.8) is 0 Å². The van der Waals surface area contributed by atoms with Crippen molar-refractivity contribution in [2.45, 2.75) is 32.2 Å². The lowest BCUT2D eigenvalue weighted by Crippen LogP contribution is -2.40. The molecule has 0 spiro atoms. The Morgan fingerprint density at radius 3 is 2.59 bits per heavy atom. The van der Waals surface area contributed by atoms with Gasteiger partial charge < -0.3 is 10.2 Å². The predicted molar refractivity (Wildman–Crippen MR) is 115 cm³/mol. The summed E-state index contributed by atoms with van der Waals surface area (Å²) in [6, 6.07) is 16.7. The van der Waals surface area contributed by atoms with Crippen LogP contribution in [0, 0.1) is 5.82 Å². The number of anilines is 1. The number of carbonyl (C=O) groups excluding carboxylic acids is 1. The molecule has 0 saturated heterocycles. The van der Waals surface area contributed by atoms with Gasteiger partial charge in [0.1, 0.15) is 11.6 Å². The Hall–Kier alpha value is -2.80. The van der Waals surface area contributed by atoms with Crippen LogP contribution in [0.15, 0.2) is 54.6 Å². The molecule has 3 aromatic rings. The molecule has 0 aliphatic carbocycles. The van der Waals surface area contributed by atoms with E-state index in [1.54, 1.807) is 17.0 Å². The Labute approximate surface area is 174 Å². The van der Waals surface area contributed by atoms with Crippen LogP contribution in [0.2, 0.25) is 0 Å². The molecule has 0 bridgehead atoms. The number of carbonyl (C=O) groups is 1. The van der Waals surface area contributed by atoms with Crippen LogP contribution in [0.3, 0.4) is 0 Å². The Morgan fingerprint density at radius 1 is 1.14 bits per heavy atom. The first-order chi connectivity index (χ1) is 14.0. The molecule has 29 heavy (non-hydrogen) atoms. The van der Waals surface area contributed by atoms with Crippen LogP contribution in [0.25, 0.3) is 0 Å². The van der Waals surface area contributed by atoms with Crippen LogP contribution < -0.4 is 10.2 Å². The van der Waals surface area contributed by atoms with Crippen LogP contribution >= 0.6 is 11.5 Å². The van der Waals surface area contributed by atoms with Gasteiger partial charge in [0.25, 0.3) is 0 Å². The molecular formula is C22H25FN4OS. The van der Waals surface area contributed by atoms with Gasteiger partial charge in [-0.1, -0.05) is 42.5 Å². The second-order valence-electron chi connectivity index (χ2n) is 7.15. The second kappa shape index (κ2) is 10.1. The second-order valence-corrected chi connectivity index (χ2v) is 7.88. The molecule has 0 fully saturated rings. The molecule has 0 aliphatic heterocycles. The van der Waals surface area contributed by atoms with E-state index in [1.807, 2.05) is 32.2 Å².